The average molecular weight is 274 g/mol. The van der Waals surface area contributed by atoms with E-state index in [1.165, 1.54) is 0 Å². The lowest BCUT2D eigenvalue weighted by atomic mass is 10.1. The van der Waals surface area contributed by atoms with Gasteiger partial charge in [0.15, 0.2) is 0 Å². The van der Waals surface area contributed by atoms with Crippen molar-refractivity contribution in [1.29, 1.82) is 0 Å². The van der Waals surface area contributed by atoms with Crippen LogP contribution in [0.25, 0.3) is 0 Å². The fraction of sp³-hybridized carbons (Fsp3) is 0.769. The normalized spacial score (nSPS) is 14.8. The van der Waals surface area contributed by atoms with Crippen LogP contribution in [0.2, 0.25) is 5.02 Å². The molecule has 0 aliphatic carbocycles. The van der Waals surface area contributed by atoms with Gasteiger partial charge in [0, 0.05) is 26.1 Å². The molecule has 0 aromatic carbocycles. The molecule has 4 nitrogen and oxygen atoms in total. The molecule has 1 aromatic heterocycles. The first-order valence-corrected chi connectivity index (χ1v) is 6.91. The van der Waals surface area contributed by atoms with Crippen LogP contribution in [0.4, 0.5) is 0 Å². The Bertz CT molecular complexity index is 379. The molecule has 1 aromatic rings. The maximum Gasteiger partial charge on any atom is 0.0850 e. The van der Waals surface area contributed by atoms with Gasteiger partial charge in [-0.3, -0.25) is 4.68 Å². The van der Waals surface area contributed by atoms with E-state index in [9.17, 15) is 0 Å². The van der Waals surface area contributed by atoms with Crippen molar-refractivity contribution in [3.63, 3.8) is 0 Å². The molecule has 18 heavy (non-hydrogen) atoms. The Morgan fingerprint density at radius 1 is 1.44 bits per heavy atom. The lowest BCUT2D eigenvalue weighted by molar-refractivity contribution is 0.0492. The van der Waals surface area contributed by atoms with E-state index in [2.05, 4.69) is 24.3 Å². The quantitative estimate of drug-likeness (QED) is 0.828. The third-order valence-electron chi connectivity index (χ3n) is 3.28. The van der Waals surface area contributed by atoms with Gasteiger partial charge in [0.2, 0.25) is 0 Å². The second kappa shape index (κ2) is 7.12. The van der Waals surface area contributed by atoms with E-state index >= 15 is 0 Å². The van der Waals surface area contributed by atoms with Crippen molar-refractivity contribution in [2.45, 2.75) is 45.8 Å². The highest BCUT2D eigenvalue weighted by Gasteiger charge is 2.21. The van der Waals surface area contributed by atoms with E-state index in [-0.39, 0.29) is 12.1 Å². The van der Waals surface area contributed by atoms with E-state index in [0.717, 1.165) is 35.9 Å². The number of hydrogen-bond donors (Lipinski definition) is 1. The first kappa shape index (κ1) is 15.5. The fourth-order valence-corrected chi connectivity index (χ4v) is 2.50. The molecule has 1 N–H and O–H groups in total. The van der Waals surface area contributed by atoms with Gasteiger partial charge in [-0.15, -0.1) is 0 Å². The first-order chi connectivity index (χ1) is 8.54. The third kappa shape index (κ3) is 3.46. The van der Waals surface area contributed by atoms with Crippen LogP contribution in [0.5, 0.6) is 0 Å². The van der Waals surface area contributed by atoms with Crippen LogP contribution in [-0.4, -0.2) is 35.6 Å². The highest BCUT2D eigenvalue weighted by Crippen LogP contribution is 2.22. The SMILES string of the molecule is CCOC(C)C(Cc1c(Cl)c(CC)nn1C)NC. The molecule has 0 saturated carbocycles. The van der Waals surface area contributed by atoms with E-state index in [0.29, 0.717) is 0 Å². The molecular formula is C13H24ClN3O. The van der Waals surface area contributed by atoms with Crippen molar-refractivity contribution in [3.8, 4) is 0 Å². The average Bonchev–Trinajstić information content (AvgIpc) is 2.62. The molecule has 2 atom stereocenters. The topological polar surface area (TPSA) is 39.1 Å². The van der Waals surface area contributed by atoms with Crippen LogP contribution in [-0.2, 0) is 24.6 Å². The maximum absolute atomic E-state index is 6.36. The van der Waals surface area contributed by atoms with Gasteiger partial charge in [0.25, 0.3) is 0 Å². The molecule has 0 amide bonds. The van der Waals surface area contributed by atoms with E-state index in [1.54, 1.807) is 0 Å². The molecule has 0 aliphatic heterocycles. The molecular weight excluding hydrogens is 250 g/mol. The molecule has 0 fully saturated rings. The number of aromatic nitrogens is 2. The number of halogens is 1. The first-order valence-electron chi connectivity index (χ1n) is 6.54. The zero-order valence-electron chi connectivity index (χ0n) is 12.0. The summed E-state index contributed by atoms with van der Waals surface area (Å²) in [4.78, 5) is 0. The minimum absolute atomic E-state index is 0.149. The predicted molar refractivity (Wildman–Crippen MR) is 75.2 cm³/mol. The highest BCUT2D eigenvalue weighted by atomic mass is 35.5. The molecule has 0 aliphatic rings. The number of aryl methyl sites for hydroxylation is 2. The Morgan fingerprint density at radius 2 is 2.11 bits per heavy atom. The van der Waals surface area contributed by atoms with Crippen LogP contribution < -0.4 is 5.32 Å². The van der Waals surface area contributed by atoms with Gasteiger partial charge in [0.05, 0.1) is 22.5 Å². The second-order valence-corrected chi connectivity index (χ2v) is 4.82. The van der Waals surface area contributed by atoms with E-state index in [4.69, 9.17) is 16.3 Å². The van der Waals surface area contributed by atoms with Gasteiger partial charge in [-0.05, 0) is 27.3 Å². The van der Waals surface area contributed by atoms with Crippen molar-refractivity contribution in [2.75, 3.05) is 13.7 Å². The van der Waals surface area contributed by atoms with Gasteiger partial charge in [-0.2, -0.15) is 5.10 Å². The molecule has 1 heterocycles. The summed E-state index contributed by atoms with van der Waals surface area (Å²) in [6.45, 7) is 6.88. The van der Waals surface area contributed by atoms with Crippen molar-refractivity contribution in [2.24, 2.45) is 7.05 Å². The van der Waals surface area contributed by atoms with Crippen molar-refractivity contribution >= 4 is 11.6 Å². The summed E-state index contributed by atoms with van der Waals surface area (Å²) in [6, 6.07) is 0.238. The Labute approximate surface area is 115 Å². The highest BCUT2D eigenvalue weighted by molar-refractivity contribution is 6.31. The van der Waals surface area contributed by atoms with Crippen LogP contribution >= 0.6 is 11.6 Å². The van der Waals surface area contributed by atoms with E-state index in [1.807, 2.05) is 25.7 Å². The summed E-state index contributed by atoms with van der Waals surface area (Å²) in [5.74, 6) is 0. The number of rotatable bonds is 7. The zero-order valence-corrected chi connectivity index (χ0v) is 12.7. The smallest absolute Gasteiger partial charge is 0.0850 e. The zero-order chi connectivity index (χ0) is 13.7. The van der Waals surface area contributed by atoms with Crippen molar-refractivity contribution in [1.82, 2.24) is 15.1 Å². The van der Waals surface area contributed by atoms with Gasteiger partial charge < -0.3 is 10.1 Å². The lowest BCUT2D eigenvalue weighted by Crippen LogP contribution is -2.39. The maximum atomic E-state index is 6.36. The van der Waals surface area contributed by atoms with Crippen LogP contribution in [0.15, 0.2) is 0 Å². The lowest BCUT2D eigenvalue weighted by Gasteiger charge is -2.23. The third-order valence-corrected chi connectivity index (χ3v) is 3.72. The van der Waals surface area contributed by atoms with E-state index < -0.39 is 0 Å². The minimum Gasteiger partial charge on any atom is -0.377 e. The summed E-state index contributed by atoms with van der Waals surface area (Å²) in [7, 11) is 3.89. The monoisotopic (exact) mass is 273 g/mol. The number of nitrogens with zero attached hydrogens (tertiary/aromatic N) is 2. The molecule has 5 heteroatoms. The van der Waals surface area contributed by atoms with Gasteiger partial charge in [-0.25, -0.2) is 0 Å². The van der Waals surface area contributed by atoms with Gasteiger partial charge in [0.1, 0.15) is 0 Å². The minimum atomic E-state index is 0.149. The fourth-order valence-electron chi connectivity index (χ4n) is 2.13. The summed E-state index contributed by atoms with van der Waals surface area (Å²) in [5.41, 5.74) is 2.03. The molecule has 1 rings (SSSR count). The Balaban J connectivity index is 2.84. The summed E-state index contributed by atoms with van der Waals surface area (Å²) in [5, 5.41) is 8.52. The van der Waals surface area contributed by atoms with Crippen LogP contribution in [0.3, 0.4) is 0 Å². The standard InChI is InChI=1S/C13H24ClN3O/c1-6-10-13(14)12(17(5)16-10)8-11(15-4)9(3)18-7-2/h9,11,15H,6-8H2,1-5H3. The number of hydrogen-bond acceptors (Lipinski definition) is 3. The molecule has 0 radical (unpaired) electrons. The van der Waals surface area contributed by atoms with Crippen molar-refractivity contribution < 1.29 is 4.74 Å². The van der Waals surface area contributed by atoms with Crippen LogP contribution in [0, 0.1) is 0 Å². The Morgan fingerprint density at radius 3 is 2.56 bits per heavy atom. The number of ether oxygens (including phenoxy) is 1. The molecule has 0 saturated heterocycles. The Hall–Kier alpha value is -0.580. The second-order valence-electron chi connectivity index (χ2n) is 4.44. The molecule has 2 unspecified atom stereocenters. The summed E-state index contributed by atoms with van der Waals surface area (Å²) >= 11 is 6.36. The number of nitrogens with one attached hydrogen (secondary N) is 1. The van der Waals surface area contributed by atoms with Gasteiger partial charge in [-0.1, -0.05) is 18.5 Å². The number of likely N-dealkylation sites (N-methyl/N-ethyl adjacent to an activating group) is 1. The molecule has 0 spiro atoms. The van der Waals surface area contributed by atoms with Gasteiger partial charge >= 0.3 is 0 Å². The van der Waals surface area contributed by atoms with Crippen molar-refractivity contribution in [3.05, 3.63) is 16.4 Å². The van der Waals surface area contributed by atoms with Crippen LogP contribution in [0.1, 0.15) is 32.2 Å². The molecule has 104 valence electrons. The summed E-state index contributed by atoms with van der Waals surface area (Å²) in [6.07, 6.45) is 1.83. The Kier molecular flexibility index (Phi) is 6.12. The summed E-state index contributed by atoms with van der Waals surface area (Å²) < 4.78 is 7.52. The predicted octanol–water partition coefficient (Wildman–Crippen LogP) is 2.19. The molecule has 0 bridgehead atoms. The largest absolute Gasteiger partial charge is 0.377 e.